The van der Waals surface area contributed by atoms with Gasteiger partial charge in [0.1, 0.15) is 0 Å². The van der Waals surface area contributed by atoms with Crippen molar-refractivity contribution < 1.29 is 5.11 Å². The van der Waals surface area contributed by atoms with Crippen molar-refractivity contribution in [2.75, 3.05) is 6.54 Å². The van der Waals surface area contributed by atoms with Crippen molar-refractivity contribution in [3.8, 4) is 0 Å². The predicted molar refractivity (Wildman–Crippen MR) is 51.4 cm³/mol. The molecule has 2 unspecified atom stereocenters. The summed E-state index contributed by atoms with van der Waals surface area (Å²) in [7, 11) is 0. The Hall–Kier alpha value is -0.870. The first-order valence-corrected chi connectivity index (χ1v) is 4.55. The standard InChI is InChI=1S/C9H17N3O/c1-8(11-5-9(2)13)6-12-4-3-10-7-12/h3-4,7-9,11,13H,5-6H2,1-2H3. The molecule has 1 aromatic heterocycles. The largest absolute Gasteiger partial charge is 0.392 e. The van der Waals surface area contributed by atoms with E-state index >= 15 is 0 Å². The summed E-state index contributed by atoms with van der Waals surface area (Å²) < 4.78 is 2.01. The van der Waals surface area contributed by atoms with Crippen LogP contribution in [0, 0.1) is 0 Å². The third kappa shape index (κ3) is 4.05. The fraction of sp³-hybridized carbons (Fsp3) is 0.667. The zero-order valence-corrected chi connectivity index (χ0v) is 8.14. The smallest absolute Gasteiger partial charge is 0.0946 e. The van der Waals surface area contributed by atoms with Crippen molar-refractivity contribution in [1.82, 2.24) is 14.9 Å². The molecule has 13 heavy (non-hydrogen) atoms. The van der Waals surface area contributed by atoms with E-state index in [0.717, 1.165) is 6.54 Å². The summed E-state index contributed by atoms with van der Waals surface area (Å²) in [5, 5.41) is 12.3. The van der Waals surface area contributed by atoms with Crippen LogP contribution >= 0.6 is 0 Å². The molecule has 1 heterocycles. The molecule has 2 N–H and O–H groups in total. The van der Waals surface area contributed by atoms with E-state index in [0.29, 0.717) is 12.6 Å². The molecule has 0 aliphatic carbocycles. The average Bonchev–Trinajstić information content (AvgIpc) is 2.53. The van der Waals surface area contributed by atoms with Crippen molar-refractivity contribution in [2.45, 2.75) is 32.5 Å². The first kappa shape index (κ1) is 10.2. The fourth-order valence-corrected chi connectivity index (χ4v) is 1.15. The lowest BCUT2D eigenvalue weighted by Gasteiger charge is -2.15. The van der Waals surface area contributed by atoms with Crippen molar-refractivity contribution in [3.63, 3.8) is 0 Å². The Kier molecular flexibility index (Phi) is 3.92. The Morgan fingerprint density at radius 2 is 2.31 bits per heavy atom. The molecule has 1 rings (SSSR count). The van der Waals surface area contributed by atoms with Gasteiger partial charge >= 0.3 is 0 Å². The van der Waals surface area contributed by atoms with Gasteiger partial charge in [-0.2, -0.15) is 0 Å². The normalized spacial score (nSPS) is 15.6. The van der Waals surface area contributed by atoms with Crippen molar-refractivity contribution in [3.05, 3.63) is 18.7 Å². The molecule has 0 amide bonds. The zero-order chi connectivity index (χ0) is 9.68. The number of imidazole rings is 1. The molecule has 0 fully saturated rings. The number of nitrogens with zero attached hydrogens (tertiary/aromatic N) is 2. The summed E-state index contributed by atoms with van der Waals surface area (Å²) in [4.78, 5) is 3.96. The molecule has 0 aromatic carbocycles. The van der Waals surface area contributed by atoms with Crippen LogP contribution in [0.5, 0.6) is 0 Å². The van der Waals surface area contributed by atoms with Gasteiger partial charge in [0.2, 0.25) is 0 Å². The Balaban J connectivity index is 2.22. The molecule has 0 aliphatic heterocycles. The van der Waals surface area contributed by atoms with Gasteiger partial charge in [-0.05, 0) is 13.8 Å². The molecule has 2 atom stereocenters. The number of hydrogen-bond acceptors (Lipinski definition) is 3. The summed E-state index contributed by atoms with van der Waals surface area (Å²) in [6, 6.07) is 0.351. The van der Waals surface area contributed by atoms with E-state index in [1.54, 1.807) is 19.4 Å². The van der Waals surface area contributed by atoms with Gasteiger partial charge in [-0.3, -0.25) is 0 Å². The van der Waals surface area contributed by atoms with Gasteiger partial charge in [0.05, 0.1) is 12.4 Å². The van der Waals surface area contributed by atoms with Crippen LogP contribution < -0.4 is 5.32 Å². The molecule has 0 spiro atoms. The van der Waals surface area contributed by atoms with Crippen molar-refractivity contribution >= 4 is 0 Å². The summed E-state index contributed by atoms with van der Waals surface area (Å²) in [6.45, 7) is 5.38. The van der Waals surface area contributed by atoms with E-state index < -0.39 is 0 Å². The SMILES string of the molecule is CC(O)CNC(C)Cn1ccnc1. The molecule has 0 saturated carbocycles. The topological polar surface area (TPSA) is 50.1 Å². The number of hydrogen-bond donors (Lipinski definition) is 2. The van der Waals surface area contributed by atoms with Crippen LogP contribution in [0.3, 0.4) is 0 Å². The van der Waals surface area contributed by atoms with Crippen molar-refractivity contribution in [2.24, 2.45) is 0 Å². The maximum atomic E-state index is 9.05. The van der Waals surface area contributed by atoms with E-state index in [9.17, 15) is 0 Å². The van der Waals surface area contributed by atoms with Crippen LogP contribution in [0.2, 0.25) is 0 Å². The summed E-state index contributed by atoms with van der Waals surface area (Å²) in [5.74, 6) is 0. The van der Waals surface area contributed by atoms with Crippen LogP contribution in [0.25, 0.3) is 0 Å². The Labute approximate surface area is 78.6 Å². The average molecular weight is 183 g/mol. The molecule has 0 saturated heterocycles. The highest BCUT2D eigenvalue weighted by Gasteiger charge is 2.02. The van der Waals surface area contributed by atoms with Gasteiger partial charge in [0.15, 0.2) is 0 Å². The molecule has 74 valence electrons. The summed E-state index contributed by atoms with van der Waals surface area (Å²) in [5.41, 5.74) is 0. The maximum absolute atomic E-state index is 9.05. The van der Waals surface area contributed by atoms with Crippen LogP contribution in [0.4, 0.5) is 0 Å². The lowest BCUT2D eigenvalue weighted by molar-refractivity contribution is 0.185. The van der Waals surface area contributed by atoms with E-state index in [1.807, 2.05) is 10.8 Å². The number of aliphatic hydroxyl groups excluding tert-OH is 1. The molecule has 0 aliphatic rings. The van der Waals surface area contributed by atoms with Crippen LogP contribution in [0.1, 0.15) is 13.8 Å². The van der Waals surface area contributed by atoms with Gasteiger partial charge in [-0.15, -0.1) is 0 Å². The quantitative estimate of drug-likeness (QED) is 0.687. The fourth-order valence-electron chi connectivity index (χ4n) is 1.15. The van der Waals surface area contributed by atoms with Gasteiger partial charge < -0.3 is 15.0 Å². The molecule has 0 bridgehead atoms. The number of nitrogens with one attached hydrogen (secondary N) is 1. The first-order chi connectivity index (χ1) is 6.18. The highest BCUT2D eigenvalue weighted by Crippen LogP contribution is 1.91. The van der Waals surface area contributed by atoms with E-state index in [1.165, 1.54) is 0 Å². The summed E-state index contributed by atoms with van der Waals surface area (Å²) >= 11 is 0. The first-order valence-electron chi connectivity index (χ1n) is 4.55. The minimum absolute atomic E-state index is 0.287. The monoisotopic (exact) mass is 183 g/mol. The second kappa shape index (κ2) is 4.99. The highest BCUT2D eigenvalue weighted by molar-refractivity contribution is 4.76. The number of aliphatic hydroxyl groups is 1. The predicted octanol–water partition coefficient (Wildman–Crippen LogP) is 0.242. The van der Waals surface area contributed by atoms with Gasteiger partial charge in [-0.1, -0.05) is 0 Å². The second-order valence-electron chi connectivity index (χ2n) is 3.42. The highest BCUT2D eigenvalue weighted by atomic mass is 16.3. The van der Waals surface area contributed by atoms with Gasteiger partial charge in [0, 0.05) is 31.5 Å². The Morgan fingerprint density at radius 1 is 1.54 bits per heavy atom. The van der Waals surface area contributed by atoms with E-state index in [4.69, 9.17) is 5.11 Å². The molecular formula is C9H17N3O. The Bertz CT molecular complexity index is 221. The minimum atomic E-state index is -0.287. The lowest BCUT2D eigenvalue weighted by Crippen LogP contribution is -2.35. The zero-order valence-electron chi connectivity index (χ0n) is 8.14. The molecular weight excluding hydrogens is 166 g/mol. The second-order valence-corrected chi connectivity index (χ2v) is 3.42. The van der Waals surface area contributed by atoms with Crippen LogP contribution in [-0.4, -0.2) is 33.3 Å². The number of aromatic nitrogens is 2. The molecule has 4 nitrogen and oxygen atoms in total. The van der Waals surface area contributed by atoms with Gasteiger partial charge in [0.25, 0.3) is 0 Å². The molecule has 0 radical (unpaired) electrons. The summed E-state index contributed by atoms with van der Waals surface area (Å²) in [6.07, 6.45) is 5.20. The van der Waals surface area contributed by atoms with E-state index in [-0.39, 0.29) is 6.10 Å². The maximum Gasteiger partial charge on any atom is 0.0946 e. The minimum Gasteiger partial charge on any atom is -0.392 e. The lowest BCUT2D eigenvalue weighted by atomic mass is 10.3. The molecule has 4 heteroatoms. The third-order valence-corrected chi connectivity index (χ3v) is 1.81. The van der Waals surface area contributed by atoms with Crippen molar-refractivity contribution in [1.29, 1.82) is 0 Å². The number of rotatable bonds is 5. The molecule has 1 aromatic rings. The van der Waals surface area contributed by atoms with E-state index in [2.05, 4.69) is 17.2 Å². The van der Waals surface area contributed by atoms with Crippen LogP contribution in [-0.2, 0) is 6.54 Å². The van der Waals surface area contributed by atoms with Gasteiger partial charge in [-0.25, -0.2) is 4.98 Å². The Morgan fingerprint density at radius 3 is 2.85 bits per heavy atom. The van der Waals surface area contributed by atoms with Crippen LogP contribution in [0.15, 0.2) is 18.7 Å². The third-order valence-electron chi connectivity index (χ3n) is 1.81.